The lowest BCUT2D eigenvalue weighted by molar-refractivity contribution is -0.148. The van der Waals surface area contributed by atoms with Gasteiger partial charge in [-0.05, 0) is 37.8 Å². The van der Waals surface area contributed by atoms with E-state index in [4.69, 9.17) is 9.47 Å². The van der Waals surface area contributed by atoms with E-state index in [1.807, 2.05) is 40.1 Å². The summed E-state index contributed by atoms with van der Waals surface area (Å²) in [5, 5.41) is 0. The van der Waals surface area contributed by atoms with Gasteiger partial charge in [0.1, 0.15) is 11.9 Å². The van der Waals surface area contributed by atoms with Crippen LogP contribution in [0.15, 0.2) is 30.3 Å². The first-order valence-corrected chi connectivity index (χ1v) is 11.3. The SMILES string of the molecule is O=C(COc1ccccc1)N1CCC(C(=O)N2CCN(C(=O)C3CCCO3)CC2)CC1. The second-order valence-corrected chi connectivity index (χ2v) is 8.41. The molecule has 0 N–H and O–H groups in total. The standard InChI is InChI=1S/C23H31N3O5/c27-21(17-31-19-5-2-1-3-6-19)24-10-8-18(9-11-24)22(28)25-12-14-26(15-13-25)23(29)20-7-4-16-30-20/h1-3,5-6,18,20H,4,7-17H2. The van der Waals surface area contributed by atoms with Gasteiger partial charge in [-0.2, -0.15) is 0 Å². The molecule has 3 aliphatic heterocycles. The largest absolute Gasteiger partial charge is 0.484 e. The van der Waals surface area contributed by atoms with Crippen molar-refractivity contribution in [2.24, 2.45) is 5.92 Å². The van der Waals surface area contributed by atoms with Gasteiger partial charge in [0, 0.05) is 51.8 Å². The van der Waals surface area contributed by atoms with Crippen LogP contribution in [-0.4, -0.2) is 91.0 Å². The van der Waals surface area contributed by atoms with Crippen LogP contribution in [0, 0.1) is 5.92 Å². The Balaban J connectivity index is 1.18. The molecule has 3 aliphatic rings. The molecule has 0 bridgehead atoms. The third-order valence-electron chi connectivity index (χ3n) is 6.41. The summed E-state index contributed by atoms with van der Waals surface area (Å²) in [5.41, 5.74) is 0. The molecule has 3 fully saturated rings. The highest BCUT2D eigenvalue weighted by Gasteiger charge is 2.34. The maximum absolute atomic E-state index is 12.9. The van der Waals surface area contributed by atoms with E-state index in [9.17, 15) is 14.4 Å². The fourth-order valence-electron chi connectivity index (χ4n) is 4.51. The number of carbonyl (C=O) groups excluding carboxylic acids is 3. The maximum Gasteiger partial charge on any atom is 0.260 e. The Morgan fingerprint density at radius 3 is 2.10 bits per heavy atom. The minimum atomic E-state index is -0.296. The summed E-state index contributed by atoms with van der Waals surface area (Å²) in [5.74, 6) is 0.791. The zero-order valence-electron chi connectivity index (χ0n) is 17.9. The molecule has 8 heteroatoms. The molecular formula is C23H31N3O5. The number of hydrogen-bond acceptors (Lipinski definition) is 5. The molecule has 0 spiro atoms. The van der Waals surface area contributed by atoms with Crippen LogP contribution in [0.3, 0.4) is 0 Å². The number of benzene rings is 1. The molecule has 1 aromatic carbocycles. The van der Waals surface area contributed by atoms with Crippen LogP contribution < -0.4 is 4.74 Å². The highest BCUT2D eigenvalue weighted by atomic mass is 16.5. The number of hydrogen-bond donors (Lipinski definition) is 0. The van der Waals surface area contributed by atoms with Gasteiger partial charge in [-0.1, -0.05) is 18.2 Å². The van der Waals surface area contributed by atoms with E-state index < -0.39 is 0 Å². The summed E-state index contributed by atoms with van der Waals surface area (Å²) in [7, 11) is 0. The predicted molar refractivity (Wildman–Crippen MR) is 113 cm³/mol. The lowest BCUT2D eigenvalue weighted by atomic mass is 9.95. The lowest BCUT2D eigenvalue weighted by Crippen LogP contribution is -2.54. The maximum atomic E-state index is 12.9. The van der Waals surface area contributed by atoms with Gasteiger partial charge in [-0.3, -0.25) is 14.4 Å². The van der Waals surface area contributed by atoms with E-state index in [1.165, 1.54) is 0 Å². The Morgan fingerprint density at radius 1 is 0.839 bits per heavy atom. The average molecular weight is 430 g/mol. The van der Waals surface area contributed by atoms with Crippen molar-refractivity contribution in [2.45, 2.75) is 31.8 Å². The summed E-state index contributed by atoms with van der Waals surface area (Å²) >= 11 is 0. The molecule has 0 saturated carbocycles. The number of piperidine rings is 1. The number of ether oxygens (including phenoxy) is 2. The molecule has 168 valence electrons. The number of piperazine rings is 1. The molecule has 3 amide bonds. The monoisotopic (exact) mass is 429 g/mol. The normalized spacial score (nSPS) is 22.5. The van der Waals surface area contributed by atoms with Gasteiger partial charge in [-0.25, -0.2) is 0 Å². The summed E-state index contributed by atoms with van der Waals surface area (Å²) in [6.45, 7) is 4.10. The van der Waals surface area contributed by atoms with Crippen LogP contribution in [-0.2, 0) is 19.1 Å². The molecule has 3 saturated heterocycles. The fraction of sp³-hybridized carbons (Fsp3) is 0.609. The van der Waals surface area contributed by atoms with E-state index in [0.717, 1.165) is 12.8 Å². The van der Waals surface area contributed by atoms with Crippen molar-refractivity contribution in [2.75, 3.05) is 52.5 Å². The second-order valence-electron chi connectivity index (χ2n) is 8.41. The number of carbonyl (C=O) groups is 3. The molecular weight excluding hydrogens is 398 g/mol. The Bertz CT molecular complexity index is 765. The first kappa shape index (κ1) is 21.6. The molecule has 0 aliphatic carbocycles. The summed E-state index contributed by atoms with van der Waals surface area (Å²) in [4.78, 5) is 43.3. The summed E-state index contributed by atoms with van der Waals surface area (Å²) in [6.07, 6.45) is 2.78. The van der Waals surface area contributed by atoms with Gasteiger partial charge in [0.25, 0.3) is 11.8 Å². The number of para-hydroxylation sites is 1. The van der Waals surface area contributed by atoms with Crippen molar-refractivity contribution < 1.29 is 23.9 Å². The molecule has 31 heavy (non-hydrogen) atoms. The lowest BCUT2D eigenvalue weighted by Gasteiger charge is -2.39. The third-order valence-corrected chi connectivity index (χ3v) is 6.41. The number of rotatable bonds is 5. The van der Waals surface area contributed by atoms with Crippen LogP contribution in [0.4, 0.5) is 0 Å². The minimum absolute atomic E-state index is 0.0172. The molecule has 1 aromatic rings. The van der Waals surface area contributed by atoms with Crippen molar-refractivity contribution in [3.63, 3.8) is 0 Å². The van der Waals surface area contributed by atoms with Gasteiger partial charge in [0.2, 0.25) is 5.91 Å². The van der Waals surface area contributed by atoms with E-state index in [2.05, 4.69) is 0 Å². The van der Waals surface area contributed by atoms with Crippen molar-refractivity contribution in [1.29, 1.82) is 0 Å². The Morgan fingerprint density at radius 2 is 1.48 bits per heavy atom. The first-order chi connectivity index (χ1) is 15.1. The van der Waals surface area contributed by atoms with E-state index in [-0.39, 0.29) is 36.4 Å². The number of likely N-dealkylation sites (tertiary alicyclic amines) is 1. The molecule has 8 nitrogen and oxygen atoms in total. The number of nitrogens with zero attached hydrogens (tertiary/aromatic N) is 3. The van der Waals surface area contributed by atoms with Crippen LogP contribution in [0.25, 0.3) is 0 Å². The van der Waals surface area contributed by atoms with Crippen LogP contribution in [0.2, 0.25) is 0 Å². The Kier molecular flexibility index (Phi) is 7.06. The molecule has 0 radical (unpaired) electrons. The minimum Gasteiger partial charge on any atom is -0.484 e. The van der Waals surface area contributed by atoms with Crippen molar-refractivity contribution >= 4 is 17.7 Å². The summed E-state index contributed by atoms with van der Waals surface area (Å²) < 4.78 is 11.0. The van der Waals surface area contributed by atoms with Gasteiger partial charge in [0.05, 0.1) is 0 Å². The smallest absolute Gasteiger partial charge is 0.260 e. The molecule has 0 aromatic heterocycles. The molecule has 1 atom stereocenters. The van der Waals surface area contributed by atoms with E-state index >= 15 is 0 Å². The third kappa shape index (κ3) is 5.36. The van der Waals surface area contributed by atoms with E-state index in [1.54, 1.807) is 4.90 Å². The fourth-order valence-corrected chi connectivity index (χ4v) is 4.51. The van der Waals surface area contributed by atoms with Crippen LogP contribution in [0.5, 0.6) is 5.75 Å². The highest BCUT2D eigenvalue weighted by molar-refractivity contribution is 5.83. The van der Waals surface area contributed by atoms with Crippen molar-refractivity contribution in [3.05, 3.63) is 30.3 Å². The summed E-state index contributed by atoms with van der Waals surface area (Å²) in [6, 6.07) is 9.29. The van der Waals surface area contributed by atoms with Crippen molar-refractivity contribution in [1.82, 2.24) is 14.7 Å². The zero-order chi connectivity index (χ0) is 21.6. The molecule has 3 heterocycles. The van der Waals surface area contributed by atoms with Gasteiger partial charge in [-0.15, -0.1) is 0 Å². The predicted octanol–water partition coefficient (Wildman–Crippen LogP) is 1.15. The highest BCUT2D eigenvalue weighted by Crippen LogP contribution is 2.22. The first-order valence-electron chi connectivity index (χ1n) is 11.3. The quantitative estimate of drug-likeness (QED) is 0.702. The van der Waals surface area contributed by atoms with Crippen LogP contribution in [0.1, 0.15) is 25.7 Å². The van der Waals surface area contributed by atoms with Crippen molar-refractivity contribution in [3.8, 4) is 5.75 Å². The molecule has 4 rings (SSSR count). The van der Waals surface area contributed by atoms with E-state index in [0.29, 0.717) is 64.5 Å². The Hall–Kier alpha value is -2.61. The topological polar surface area (TPSA) is 79.4 Å². The Labute approximate surface area is 183 Å². The van der Waals surface area contributed by atoms with Gasteiger partial charge in [0.15, 0.2) is 6.61 Å². The average Bonchev–Trinajstić information content (AvgIpc) is 3.37. The van der Waals surface area contributed by atoms with Gasteiger partial charge >= 0.3 is 0 Å². The number of amides is 3. The molecule has 1 unspecified atom stereocenters. The van der Waals surface area contributed by atoms with Crippen LogP contribution >= 0.6 is 0 Å². The second kappa shape index (κ2) is 10.1. The van der Waals surface area contributed by atoms with Gasteiger partial charge < -0.3 is 24.2 Å². The zero-order valence-corrected chi connectivity index (χ0v) is 17.9.